The fraction of sp³-hybridized carbons (Fsp3) is 0.381. The molecule has 0 radical (unpaired) electrons. The first-order chi connectivity index (χ1) is 12.5. The van der Waals surface area contributed by atoms with Gasteiger partial charge in [0.25, 0.3) is 0 Å². The summed E-state index contributed by atoms with van der Waals surface area (Å²) < 4.78 is 11.2. The lowest BCUT2D eigenvalue weighted by atomic mass is 10.1. The predicted octanol–water partition coefficient (Wildman–Crippen LogP) is 4.25. The van der Waals surface area contributed by atoms with Crippen LogP contribution in [0.3, 0.4) is 0 Å². The van der Waals surface area contributed by atoms with Crippen LogP contribution in [0, 0.1) is 6.92 Å². The Balaban J connectivity index is 2.11. The van der Waals surface area contributed by atoms with Crippen LogP contribution in [0.1, 0.15) is 37.0 Å². The third-order valence-electron chi connectivity index (χ3n) is 4.13. The summed E-state index contributed by atoms with van der Waals surface area (Å²) in [5.74, 6) is 1.24. The molecule has 1 unspecified atom stereocenters. The molecule has 5 nitrogen and oxygen atoms in total. The highest BCUT2D eigenvalue weighted by atomic mass is 16.5. The Morgan fingerprint density at radius 1 is 1.19 bits per heavy atom. The lowest BCUT2D eigenvalue weighted by Gasteiger charge is -2.16. The van der Waals surface area contributed by atoms with Crippen molar-refractivity contribution in [1.29, 1.82) is 0 Å². The molecule has 0 aliphatic heterocycles. The number of nitrogens with zero attached hydrogens (tertiary/aromatic N) is 1. The monoisotopic (exact) mass is 355 g/mol. The van der Waals surface area contributed by atoms with Gasteiger partial charge in [0.1, 0.15) is 5.75 Å². The number of anilines is 1. The number of hydrogen-bond acceptors (Lipinski definition) is 3. The number of aryl methyl sites for hydroxylation is 1. The molecule has 0 amide bonds. The first-order valence-corrected chi connectivity index (χ1v) is 8.93. The summed E-state index contributed by atoms with van der Waals surface area (Å²) in [6, 6.07) is 14.0. The van der Waals surface area contributed by atoms with Crippen LogP contribution in [-0.2, 0) is 17.9 Å². The highest BCUT2D eigenvalue weighted by Crippen LogP contribution is 2.23. The summed E-state index contributed by atoms with van der Waals surface area (Å²) in [6.07, 6.45) is 1.12. The molecule has 0 fully saturated rings. The Morgan fingerprint density at radius 2 is 1.96 bits per heavy atom. The molecular formula is C21H29N3O2. The Labute approximate surface area is 156 Å². The van der Waals surface area contributed by atoms with Crippen molar-refractivity contribution in [3.05, 3.63) is 59.2 Å². The van der Waals surface area contributed by atoms with Crippen LogP contribution < -0.4 is 15.8 Å². The molecule has 0 aliphatic rings. The van der Waals surface area contributed by atoms with Gasteiger partial charge >= 0.3 is 0 Å². The average Bonchev–Trinajstić information content (AvgIpc) is 2.63. The lowest BCUT2D eigenvalue weighted by Crippen LogP contribution is -2.23. The van der Waals surface area contributed by atoms with Crippen molar-refractivity contribution in [2.75, 3.05) is 12.4 Å². The second kappa shape index (κ2) is 9.82. The minimum atomic E-state index is 0.163. The summed E-state index contributed by atoms with van der Waals surface area (Å²) in [5.41, 5.74) is 10.2. The van der Waals surface area contributed by atoms with Gasteiger partial charge in [0.15, 0.2) is 5.96 Å². The molecule has 0 aliphatic carbocycles. The van der Waals surface area contributed by atoms with Gasteiger partial charge in [-0.2, -0.15) is 0 Å². The minimum Gasteiger partial charge on any atom is -0.490 e. The van der Waals surface area contributed by atoms with E-state index in [1.165, 1.54) is 0 Å². The van der Waals surface area contributed by atoms with Crippen molar-refractivity contribution in [1.82, 2.24) is 0 Å². The number of guanidine groups is 1. The zero-order chi connectivity index (χ0) is 18.9. The van der Waals surface area contributed by atoms with E-state index < -0.39 is 0 Å². The first-order valence-electron chi connectivity index (χ1n) is 8.93. The molecule has 0 heterocycles. The van der Waals surface area contributed by atoms with E-state index in [-0.39, 0.29) is 6.10 Å². The Bertz CT molecular complexity index is 744. The van der Waals surface area contributed by atoms with Crippen LogP contribution in [0.5, 0.6) is 5.75 Å². The zero-order valence-corrected chi connectivity index (χ0v) is 16.1. The maximum atomic E-state index is 6.08. The maximum absolute atomic E-state index is 6.08. The molecule has 0 spiro atoms. The summed E-state index contributed by atoms with van der Waals surface area (Å²) in [5, 5.41) is 3.16. The van der Waals surface area contributed by atoms with E-state index in [9.17, 15) is 0 Å². The van der Waals surface area contributed by atoms with Gasteiger partial charge in [-0.25, -0.2) is 4.99 Å². The number of benzene rings is 2. The molecule has 0 saturated heterocycles. The van der Waals surface area contributed by atoms with E-state index in [0.717, 1.165) is 34.5 Å². The van der Waals surface area contributed by atoms with Crippen molar-refractivity contribution in [3.63, 3.8) is 0 Å². The quantitative estimate of drug-likeness (QED) is 0.549. The van der Waals surface area contributed by atoms with Crippen molar-refractivity contribution >= 4 is 11.6 Å². The van der Waals surface area contributed by atoms with Gasteiger partial charge in [0, 0.05) is 23.9 Å². The fourth-order valence-electron chi connectivity index (χ4n) is 2.47. The van der Waals surface area contributed by atoms with Crippen LogP contribution >= 0.6 is 0 Å². The number of aliphatic imine (C=N–C) groups is 1. The van der Waals surface area contributed by atoms with Crippen LogP contribution in [0.15, 0.2) is 47.5 Å². The molecular weight excluding hydrogens is 326 g/mol. The van der Waals surface area contributed by atoms with Gasteiger partial charge in [0.2, 0.25) is 0 Å². The van der Waals surface area contributed by atoms with Crippen LogP contribution in [0.2, 0.25) is 0 Å². The fourth-order valence-corrected chi connectivity index (χ4v) is 2.47. The van der Waals surface area contributed by atoms with Gasteiger partial charge in [-0.15, -0.1) is 0 Å². The molecule has 0 aromatic heterocycles. The molecule has 0 saturated carbocycles. The van der Waals surface area contributed by atoms with Crippen molar-refractivity contribution < 1.29 is 9.47 Å². The number of nitrogens with one attached hydrogen (secondary N) is 1. The van der Waals surface area contributed by atoms with E-state index in [0.29, 0.717) is 19.1 Å². The third kappa shape index (κ3) is 5.77. The second-order valence-corrected chi connectivity index (χ2v) is 6.36. The van der Waals surface area contributed by atoms with Gasteiger partial charge in [0.05, 0.1) is 19.3 Å². The summed E-state index contributed by atoms with van der Waals surface area (Å²) in [4.78, 5) is 4.48. The predicted molar refractivity (Wildman–Crippen MR) is 108 cm³/mol. The van der Waals surface area contributed by atoms with E-state index in [4.69, 9.17) is 15.2 Å². The Kier molecular flexibility index (Phi) is 7.48. The van der Waals surface area contributed by atoms with Gasteiger partial charge < -0.3 is 20.5 Å². The van der Waals surface area contributed by atoms with Gasteiger partial charge in [-0.3, -0.25) is 0 Å². The summed E-state index contributed by atoms with van der Waals surface area (Å²) in [6.45, 7) is 7.20. The van der Waals surface area contributed by atoms with Crippen LogP contribution in [0.4, 0.5) is 5.69 Å². The molecule has 2 rings (SSSR count). The number of nitrogens with two attached hydrogens (primary N) is 1. The van der Waals surface area contributed by atoms with Crippen molar-refractivity contribution in [2.24, 2.45) is 10.7 Å². The largest absolute Gasteiger partial charge is 0.490 e. The van der Waals surface area contributed by atoms with E-state index in [1.54, 1.807) is 7.11 Å². The van der Waals surface area contributed by atoms with Gasteiger partial charge in [-0.1, -0.05) is 37.3 Å². The average molecular weight is 355 g/mol. The number of methoxy groups -OCH3 is 1. The highest BCUT2D eigenvalue weighted by molar-refractivity contribution is 5.93. The van der Waals surface area contributed by atoms with E-state index >= 15 is 0 Å². The molecule has 2 aromatic carbocycles. The van der Waals surface area contributed by atoms with Crippen molar-refractivity contribution in [2.45, 2.75) is 46.4 Å². The molecule has 5 heteroatoms. The molecule has 3 N–H and O–H groups in total. The highest BCUT2D eigenvalue weighted by Gasteiger charge is 2.08. The lowest BCUT2D eigenvalue weighted by molar-refractivity contribution is 0.185. The van der Waals surface area contributed by atoms with Crippen molar-refractivity contribution in [3.8, 4) is 5.75 Å². The topological polar surface area (TPSA) is 68.9 Å². The Hall–Kier alpha value is -2.53. The smallest absolute Gasteiger partial charge is 0.193 e. The van der Waals surface area contributed by atoms with Crippen LogP contribution in [-0.4, -0.2) is 19.2 Å². The third-order valence-corrected chi connectivity index (χ3v) is 4.13. The summed E-state index contributed by atoms with van der Waals surface area (Å²) >= 11 is 0. The standard InChI is InChI=1S/C21H29N3O2/c1-5-16(3)26-20-12-15(2)10-11-17(20)13-23-21(22)24-19-9-7-6-8-18(19)14-25-4/h6-12,16H,5,13-14H2,1-4H3,(H3,22,23,24). The van der Waals surface area contributed by atoms with Gasteiger partial charge in [-0.05, 0) is 38.0 Å². The van der Waals surface area contributed by atoms with E-state index in [2.05, 4.69) is 43.2 Å². The molecule has 0 bridgehead atoms. The normalized spacial score (nSPS) is 12.7. The second-order valence-electron chi connectivity index (χ2n) is 6.36. The SMILES string of the molecule is CCC(C)Oc1cc(C)ccc1CN=C(N)Nc1ccccc1COC. The molecule has 1 atom stereocenters. The molecule has 140 valence electrons. The number of rotatable bonds is 8. The minimum absolute atomic E-state index is 0.163. The number of hydrogen-bond donors (Lipinski definition) is 2. The summed E-state index contributed by atoms with van der Waals surface area (Å²) in [7, 11) is 1.67. The number of para-hydroxylation sites is 1. The maximum Gasteiger partial charge on any atom is 0.193 e. The molecule has 26 heavy (non-hydrogen) atoms. The first kappa shape index (κ1) is 19.8. The van der Waals surface area contributed by atoms with E-state index in [1.807, 2.05) is 30.3 Å². The molecule has 2 aromatic rings. The number of ether oxygens (including phenoxy) is 2. The zero-order valence-electron chi connectivity index (χ0n) is 16.1. The van der Waals surface area contributed by atoms with Crippen LogP contribution in [0.25, 0.3) is 0 Å². The Morgan fingerprint density at radius 3 is 2.69 bits per heavy atom.